The van der Waals surface area contributed by atoms with Gasteiger partial charge in [-0.25, -0.2) is 0 Å². The predicted octanol–water partition coefficient (Wildman–Crippen LogP) is 9.10. The normalized spacial score (nSPS) is 17.8. The van der Waals surface area contributed by atoms with Crippen molar-refractivity contribution in [1.29, 1.82) is 0 Å². The van der Waals surface area contributed by atoms with E-state index < -0.39 is 0 Å². The third-order valence-electron chi connectivity index (χ3n) is 9.35. The van der Waals surface area contributed by atoms with E-state index in [9.17, 15) is 0 Å². The fourth-order valence-corrected chi connectivity index (χ4v) is 6.54. The fraction of sp³-hybridized carbons (Fsp3) is 0.514. The number of likely N-dealkylation sites (tertiary alicyclic amines) is 1. The minimum atomic E-state index is 0.187. The maximum Gasteiger partial charge on any atom is 0.126 e. The number of para-hydroxylation sites is 1. The molecule has 0 N–H and O–H groups in total. The van der Waals surface area contributed by atoms with Gasteiger partial charge in [-0.2, -0.15) is 0 Å². The molecule has 1 aliphatic carbocycles. The fourth-order valence-electron chi connectivity index (χ4n) is 6.54. The van der Waals surface area contributed by atoms with E-state index in [-0.39, 0.29) is 5.41 Å². The van der Waals surface area contributed by atoms with Crippen molar-refractivity contribution in [2.75, 3.05) is 40.3 Å². The Balaban J connectivity index is 1.60. The molecule has 2 aromatic carbocycles. The van der Waals surface area contributed by atoms with E-state index in [0.717, 1.165) is 50.4 Å². The molecular weight excluding hydrogens is 488 g/mol. The molecule has 0 atom stereocenters. The lowest BCUT2D eigenvalue weighted by Crippen LogP contribution is -2.58. The summed E-state index contributed by atoms with van der Waals surface area (Å²) in [6, 6.07) is 15.6. The summed E-state index contributed by atoms with van der Waals surface area (Å²) < 4.78 is 6.73. The van der Waals surface area contributed by atoms with Crippen LogP contribution in [0.25, 0.3) is 16.7 Å². The molecule has 0 spiro atoms. The lowest BCUT2D eigenvalue weighted by molar-refractivity contribution is -0.0167. The van der Waals surface area contributed by atoms with Crippen LogP contribution < -0.4 is 4.74 Å². The molecule has 2 aromatic rings. The van der Waals surface area contributed by atoms with Gasteiger partial charge in [0, 0.05) is 36.3 Å². The summed E-state index contributed by atoms with van der Waals surface area (Å²) in [6.45, 7) is 21.4. The largest absolute Gasteiger partial charge is 0.492 e. The van der Waals surface area contributed by atoms with Crippen molar-refractivity contribution in [3.63, 3.8) is 0 Å². The Morgan fingerprint density at radius 2 is 1.70 bits per heavy atom. The number of nitrogens with zero attached hydrogens (tertiary/aromatic N) is 2. The second kappa shape index (κ2) is 13.3. The van der Waals surface area contributed by atoms with Crippen LogP contribution in [0, 0.1) is 18.3 Å². The summed E-state index contributed by atoms with van der Waals surface area (Å²) in [7, 11) is 4.25. The Morgan fingerprint density at radius 1 is 1.00 bits per heavy atom. The highest BCUT2D eigenvalue weighted by Crippen LogP contribution is 2.44. The van der Waals surface area contributed by atoms with Gasteiger partial charge in [-0.3, -0.25) is 0 Å². The van der Waals surface area contributed by atoms with Crippen molar-refractivity contribution >= 4 is 16.7 Å². The highest BCUT2D eigenvalue weighted by atomic mass is 16.5. The van der Waals surface area contributed by atoms with Gasteiger partial charge in [0.05, 0.1) is 6.61 Å². The second-order valence-electron chi connectivity index (χ2n) is 12.8. The van der Waals surface area contributed by atoms with Gasteiger partial charge in [0.15, 0.2) is 0 Å². The highest BCUT2D eigenvalue weighted by molar-refractivity contribution is 5.93. The summed E-state index contributed by atoms with van der Waals surface area (Å²) >= 11 is 0. The van der Waals surface area contributed by atoms with Gasteiger partial charge in [-0.15, -0.1) is 0 Å². The molecule has 4 rings (SSSR count). The summed E-state index contributed by atoms with van der Waals surface area (Å²) in [5.41, 5.74) is 10.6. The smallest absolute Gasteiger partial charge is 0.126 e. The van der Waals surface area contributed by atoms with Gasteiger partial charge < -0.3 is 14.5 Å². The van der Waals surface area contributed by atoms with Crippen molar-refractivity contribution in [1.82, 2.24) is 9.80 Å². The van der Waals surface area contributed by atoms with Crippen LogP contribution in [0.15, 0.2) is 61.3 Å². The molecule has 0 radical (unpaired) electrons. The Hall–Kier alpha value is -2.78. The molecule has 216 valence electrons. The van der Waals surface area contributed by atoms with Crippen LogP contribution in [-0.2, 0) is 0 Å². The number of allylic oxidation sites excluding steroid dienone is 3. The molecule has 1 saturated heterocycles. The molecule has 0 amide bonds. The minimum absolute atomic E-state index is 0.187. The Labute approximate surface area is 244 Å². The topological polar surface area (TPSA) is 15.7 Å². The van der Waals surface area contributed by atoms with Crippen LogP contribution in [0.1, 0.15) is 88.0 Å². The quantitative estimate of drug-likeness (QED) is 0.250. The molecule has 1 heterocycles. The molecule has 2 aliphatic rings. The molecule has 1 aliphatic heterocycles. The molecular formula is C37H52N2O. The van der Waals surface area contributed by atoms with Gasteiger partial charge in [0.1, 0.15) is 5.75 Å². The molecule has 0 bridgehead atoms. The van der Waals surface area contributed by atoms with E-state index in [1.165, 1.54) is 71.2 Å². The summed E-state index contributed by atoms with van der Waals surface area (Å²) in [4.78, 5) is 4.68. The van der Waals surface area contributed by atoms with E-state index in [2.05, 4.69) is 107 Å². The van der Waals surface area contributed by atoms with Gasteiger partial charge in [0.2, 0.25) is 0 Å². The maximum absolute atomic E-state index is 6.73. The first-order valence-corrected chi connectivity index (χ1v) is 15.4. The van der Waals surface area contributed by atoms with Gasteiger partial charge in [-0.05, 0) is 100 Å². The van der Waals surface area contributed by atoms with Gasteiger partial charge >= 0.3 is 0 Å². The first kappa shape index (κ1) is 30.2. The number of benzene rings is 2. The van der Waals surface area contributed by atoms with Crippen molar-refractivity contribution in [3.8, 4) is 5.75 Å². The highest BCUT2D eigenvalue weighted by Gasteiger charge is 2.42. The number of rotatable bonds is 12. The van der Waals surface area contributed by atoms with E-state index >= 15 is 0 Å². The van der Waals surface area contributed by atoms with Crippen molar-refractivity contribution in [3.05, 3.63) is 83.6 Å². The summed E-state index contributed by atoms with van der Waals surface area (Å²) in [5.74, 6) is 1.61. The average Bonchev–Trinajstić information content (AvgIpc) is 2.93. The zero-order valence-electron chi connectivity index (χ0n) is 26.1. The van der Waals surface area contributed by atoms with E-state index in [4.69, 9.17) is 4.74 Å². The molecule has 3 nitrogen and oxygen atoms in total. The average molecular weight is 541 g/mol. The third-order valence-corrected chi connectivity index (χ3v) is 9.35. The molecule has 3 heteroatoms. The Bertz CT molecular complexity index is 1220. The van der Waals surface area contributed by atoms with Crippen LogP contribution in [0.5, 0.6) is 5.75 Å². The molecule has 0 unspecified atom stereocenters. The maximum atomic E-state index is 6.73. The lowest BCUT2D eigenvalue weighted by atomic mass is 9.76. The van der Waals surface area contributed by atoms with Crippen LogP contribution >= 0.6 is 0 Å². The SMILES string of the molecule is C=C(C)c1ccc(/C(=C(\C)c2ccccc2OCC2(CC)CN(C(=C)CCN(C)C)C2)C2CCCCC2)c(C)c1. The molecule has 1 saturated carbocycles. The van der Waals surface area contributed by atoms with Crippen molar-refractivity contribution in [2.24, 2.45) is 11.3 Å². The van der Waals surface area contributed by atoms with E-state index in [1.807, 2.05) is 0 Å². The Kier molecular flexibility index (Phi) is 10.0. The van der Waals surface area contributed by atoms with Crippen molar-refractivity contribution in [2.45, 2.75) is 72.6 Å². The predicted molar refractivity (Wildman–Crippen MR) is 173 cm³/mol. The lowest BCUT2D eigenvalue weighted by Gasteiger charge is -2.51. The zero-order chi connectivity index (χ0) is 28.9. The first-order chi connectivity index (χ1) is 19.1. The van der Waals surface area contributed by atoms with Crippen LogP contribution in [0.3, 0.4) is 0 Å². The Morgan fingerprint density at radius 3 is 2.33 bits per heavy atom. The number of hydrogen-bond donors (Lipinski definition) is 0. The minimum Gasteiger partial charge on any atom is -0.492 e. The first-order valence-electron chi connectivity index (χ1n) is 15.4. The monoisotopic (exact) mass is 540 g/mol. The van der Waals surface area contributed by atoms with E-state index in [1.54, 1.807) is 0 Å². The van der Waals surface area contributed by atoms with E-state index in [0.29, 0.717) is 5.92 Å². The van der Waals surface area contributed by atoms with Gasteiger partial charge in [-0.1, -0.05) is 81.3 Å². The van der Waals surface area contributed by atoms with Crippen LogP contribution in [0.4, 0.5) is 0 Å². The van der Waals surface area contributed by atoms with Gasteiger partial charge in [0.25, 0.3) is 0 Å². The summed E-state index contributed by atoms with van der Waals surface area (Å²) in [6.07, 6.45) is 8.66. The second-order valence-corrected chi connectivity index (χ2v) is 12.8. The number of ether oxygens (including phenoxy) is 1. The molecule has 0 aromatic heterocycles. The molecule has 2 fully saturated rings. The standard InChI is InChI=1S/C37H52N2O/c1-9-37(24-39(25-37)29(5)21-22-38(7)8)26-40-35-18-14-13-17-34(35)30(6)36(31-15-11-10-12-16-31)33-20-19-32(27(2)3)23-28(33)4/h13-14,17-20,23,31H,2,5,9-12,15-16,21-22,24-26H2,1,3-4,6-8H3/b36-30+. The summed E-state index contributed by atoms with van der Waals surface area (Å²) in [5, 5.41) is 0. The zero-order valence-corrected chi connectivity index (χ0v) is 26.1. The van der Waals surface area contributed by atoms with Crippen molar-refractivity contribution < 1.29 is 4.74 Å². The third kappa shape index (κ3) is 6.92. The van der Waals surface area contributed by atoms with Crippen LogP contribution in [-0.4, -0.2) is 50.1 Å². The number of hydrogen-bond acceptors (Lipinski definition) is 3. The number of aryl methyl sites for hydroxylation is 1. The van der Waals surface area contributed by atoms with Crippen LogP contribution in [0.2, 0.25) is 0 Å². The molecule has 40 heavy (non-hydrogen) atoms.